The summed E-state index contributed by atoms with van der Waals surface area (Å²) in [5.41, 5.74) is 0. The van der Waals surface area contributed by atoms with Gasteiger partial charge in [-0.15, -0.1) is 11.6 Å². The molecule has 32 heavy (non-hydrogen) atoms. The number of halogens is 1. The predicted octanol–water partition coefficient (Wildman–Crippen LogP) is 3.33. The van der Waals surface area contributed by atoms with Crippen LogP contribution in [0.2, 0.25) is 0 Å². The number of hydrogen-bond donors (Lipinski definition) is 0. The van der Waals surface area contributed by atoms with Gasteiger partial charge in [-0.25, -0.2) is 0 Å². The number of hydrogen-bond acceptors (Lipinski definition) is 8. The summed E-state index contributed by atoms with van der Waals surface area (Å²) < 4.78 is 43.3. The molecule has 0 amide bonds. The van der Waals surface area contributed by atoms with Crippen molar-refractivity contribution >= 4 is 11.6 Å². The van der Waals surface area contributed by atoms with E-state index in [1.54, 1.807) is 0 Å². The molecule has 0 unspecified atom stereocenters. The second-order valence-electron chi connectivity index (χ2n) is 7.00. The number of alkyl halides is 1. The van der Waals surface area contributed by atoms with Gasteiger partial charge in [-0.3, -0.25) is 0 Å². The lowest BCUT2D eigenvalue weighted by atomic mass is 10.2. The topological polar surface area (TPSA) is 73.8 Å². The van der Waals surface area contributed by atoms with Crippen molar-refractivity contribution < 1.29 is 37.9 Å². The van der Waals surface area contributed by atoms with Crippen LogP contribution in [0.15, 0.2) is 0 Å². The van der Waals surface area contributed by atoms with E-state index in [9.17, 15) is 0 Å². The average molecular weight is 487 g/mol. The van der Waals surface area contributed by atoms with Gasteiger partial charge in [-0.05, 0) is 6.42 Å². The fourth-order valence-electron chi connectivity index (χ4n) is 2.50. The van der Waals surface area contributed by atoms with Gasteiger partial charge in [0, 0.05) is 12.5 Å². The Balaban J connectivity index is 2.98. The Bertz CT molecular complexity index is 296. The predicted molar refractivity (Wildman–Crippen MR) is 126 cm³/mol. The van der Waals surface area contributed by atoms with Gasteiger partial charge in [0.15, 0.2) is 0 Å². The molecule has 0 saturated heterocycles. The minimum atomic E-state index is 0.507. The van der Waals surface area contributed by atoms with E-state index in [1.165, 1.54) is 25.7 Å². The lowest BCUT2D eigenvalue weighted by Crippen LogP contribution is -2.15. The van der Waals surface area contributed by atoms with Gasteiger partial charge in [0.25, 0.3) is 0 Å². The Kier molecular flexibility index (Phi) is 30.9. The minimum Gasteiger partial charge on any atom is -0.379 e. The first-order valence-corrected chi connectivity index (χ1v) is 12.6. The fourth-order valence-corrected chi connectivity index (χ4v) is 2.61. The van der Waals surface area contributed by atoms with Crippen LogP contribution in [0.4, 0.5) is 0 Å². The zero-order valence-corrected chi connectivity index (χ0v) is 21.0. The zero-order chi connectivity index (χ0) is 23.2. The van der Waals surface area contributed by atoms with Crippen molar-refractivity contribution in [1.29, 1.82) is 0 Å². The summed E-state index contributed by atoms with van der Waals surface area (Å²) in [6, 6.07) is 0. The van der Waals surface area contributed by atoms with Crippen LogP contribution in [0.25, 0.3) is 0 Å². The van der Waals surface area contributed by atoms with Gasteiger partial charge < -0.3 is 37.9 Å². The average Bonchev–Trinajstić information content (AvgIpc) is 2.81. The molecule has 0 bridgehead atoms. The molecule has 8 nitrogen and oxygen atoms in total. The molecule has 0 aromatic rings. The third-order valence-electron chi connectivity index (χ3n) is 4.22. The van der Waals surface area contributed by atoms with Crippen molar-refractivity contribution in [2.24, 2.45) is 0 Å². The molecule has 0 heterocycles. The third-order valence-corrected chi connectivity index (χ3v) is 4.37. The Hall–Kier alpha value is -0.0300. The van der Waals surface area contributed by atoms with Crippen molar-refractivity contribution in [3.63, 3.8) is 0 Å². The summed E-state index contributed by atoms with van der Waals surface area (Å²) in [7, 11) is 0. The second kappa shape index (κ2) is 31.0. The molecule has 0 aliphatic heterocycles. The minimum absolute atomic E-state index is 0.507. The number of ether oxygens (including phenoxy) is 8. The molecule has 0 saturated carbocycles. The van der Waals surface area contributed by atoms with Gasteiger partial charge >= 0.3 is 0 Å². The molecule has 0 aliphatic rings. The molecule has 194 valence electrons. The first-order valence-electron chi connectivity index (χ1n) is 12.1. The van der Waals surface area contributed by atoms with Gasteiger partial charge in [-0.1, -0.05) is 32.6 Å². The molecule has 0 rings (SSSR count). The molecule has 0 aliphatic carbocycles. The monoisotopic (exact) mass is 486 g/mol. The third kappa shape index (κ3) is 30.0. The van der Waals surface area contributed by atoms with Gasteiger partial charge in [0.1, 0.15) is 0 Å². The van der Waals surface area contributed by atoms with E-state index in [0.717, 1.165) is 13.0 Å². The molecule has 9 heteroatoms. The summed E-state index contributed by atoms with van der Waals surface area (Å²) >= 11 is 5.50. The molecular weight excluding hydrogens is 440 g/mol. The van der Waals surface area contributed by atoms with E-state index in [1.807, 2.05) is 0 Å². The molecule has 0 aromatic heterocycles. The fraction of sp³-hybridized carbons (Fsp3) is 1.00. The van der Waals surface area contributed by atoms with Crippen LogP contribution in [0.5, 0.6) is 0 Å². The molecule has 0 N–H and O–H groups in total. The van der Waals surface area contributed by atoms with E-state index in [2.05, 4.69) is 6.92 Å². The summed E-state index contributed by atoms with van der Waals surface area (Å²) in [6.07, 6.45) is 6.31. The Labute approximate surface area is 200 Å². The highest BCUT2D eigenvalue weighted by Gasteiger charge is 1.95. The molecular formula is C23H47ClO8. The number of unbranched alkanes of at least 4 members (excludes halogenated alkanes) is 4. The van der Waals surface area contributed by atoms with E-state index in [-0.39, 0.29) is 0 Å². The second-order valence-corrected chi connectivity index (χ2v) is 7.38. The largest absolute Gasteiger partial charge is 0.379 e. The molecule has 0 atom stereocenters. The van der Waals surface area contributed by atoms with Crippen LogP contribution >= 0.6 is 11.6 Å². The zero-order valence-electron chi connectivity index (χ0n) is 20.2. The SMILES string of the molecule is CCCCCCCOCCOCCOCCOCCOCCOCCOCCOCCCl. The van der Waals surface area contributed by atoms with E-state index >= 15 is 0 Å². The highest BCUT2D eigenvalue weighted by atomic mass is 35.5. The van der Waals surface area contributed by atoms with E-state index in [4.69, 9.17) is 49.5 Å². The lowest BCUT2D eigenvalue weighted by molar-refractivity contribution is -0.0228. The van der Waals surface area contributed by atoms with Crippen LogP contribution in [0, 0.1) is 0 Å². The highest BCUT2D eigenvalue weighted by Crippen LogP contribution is 2.02. The highest BCUT2D eigenvalue weighted by molar-refractivity contribution is 6.17. The van der Waals surface area contributed by atoms with Crippen molar-refractivity contribution in [2.75, 3.05) is 112 Å². The number of rotatable bonds is 29. The van der Waals surface area contributed by atoms with Crippen LogP contribution in [0.3, 0.4) is 0 Å². The van der Waals surface area contributed by atoms with Gasteiger partial charge in [0.2, 0.25) is 0 Å². The Morgan fingerprint density at radius 3 is 0.938 bits per heavy atom. The maximum Gasteiger partial charge on any atom is 0.0701 e. The Morgan fingerprint density at radius 1 is 0.344 bits per heavy atom. The Morgan fingerprint density at radius 2 is 0.625 bits per heavy atom. The maximum absolute atomic E-state index is 5.54. The van der Waals surface area contributed by atoms with Crippen LogP contribution in [-0.4, -0.2) is 112 Å². The summed E-state index contributed by atoms with van der Waals surface area (Å²) in [5, 5.41) is 0. The van der Waals surface area contributed by atoms with Crippen molar-refractivity contribution in [1.82, 2.24) is 0 Å². The van der Waals surface area contributed by atoms with Crippen LogP contribution < -0.4 is 0 Å². The van der Waals surface area contributed by atoms with E-state index < -0.39 is 0 Å². The molecule has 0 radical (unpaired) electrons. The van der Waals surface area contributed by atoms with E-state index in [0.29, 0.717) is 105 Å². The molecule has 0 aromatic carbocycles. The molecule has 0 fully saturated rings. The van der Waals surface area contributed by atoms with Gasteiger partial charge in [0.05, 0.1) is 99.1 Å². The molecule has 0 spiro atoms. The first kappa shape index (κ1) is 32.0. The normalized spacial score (nSPS) is 11.4. The quantitative estimate of drug-likeness (QED) is 0.118. The lowest BCUT2D eigenvalue weighted by Gasteiger charge is -2.08. The van der Waals surface area contributed by atoms with Gasteiger partial charge in [-0.2, -0.15) is 0 Å². The summed E-state index contributed by atoms with van der Waals surface area (Å²) in [6.45, 7) is 11.5. The summed E-state index contributed by atoms with van der Waals surface area (Å²) in [4.78, 5) is 0. The standard InChI is InChI=1S/C23H47ClO8/c1-2-3-4-5-6-8-25-10-12-27-14-16-29-18-20-31-22-23-32-21-19-30-17-15-28-13-11-26-9-7-24/h2-23H2,1H3. The summed E-state index contributed by atoms with van der Waals surface area (Å²) in [5.74, 6) is 0.507. The van der Waals surface area contributed by atoms with Crippen molar-refractivity contribution in [2.45, 2.75) is 39.0 Å². The first-order chi connectivity index (χ1) is 15.9. The smallest absolute Gasteiger partial charge is 0.0701 e. The van der Waals surface area contributed by atoms with Crippen LogP contribution in [0.1, 0.15) is 39.0 Å². The van der Waals surface area contributed by atoms with Crippen molar-refractivity contribution in [3.8, 4) is 0 Å². The van der Waals surface area contributed by atoms with Crippen molar-refractivity contribution in [3.05, 3.63) is 0 Å². The maximum atomic E-state index is 5.54. The van der Waals surface area contributed by atoms with Crippen LogP contribution in [-0.2, 0) is 37.9 Å².